The van der Waals surface area contributed by atoms with E-state index in [2.05, 4.69) is 27.1 Å². The minimum Gasteiger partial charge on any atom is -0.445 e. The zero-order chi connectivity index (χ0) is 18.6. The second kappa shape index (κ2) is 7.70. The molecule has 1 unspecified atom stereocenters. The summed E-state index contributed by atoms with van der Waals surface area (Å²) in [6, 6.07) is 11.9. The molecule has 1 aromatic carbocycles. The normalized spacial score (nSPS) is 17.1. The lowest BCUT2D eigenvalue weighted by Gasteiger charge is -2.31. The molecule has 3 aromatic rings. The molecule has 0 N–H and O–H groups in total. The van der Waals surface area contributed by atoms with Gasteiger partial charge in [0.15, 0.2) is 5.89 Å². The zero-order valence-electron chi connectivity index (χ0n) is 15.3. The summed E-state index contributed by atoms with van der Waals surface area (Å²) in [5.74, 6) is 2.24. The van der Waals surface area contributed by atoms with Crippen LogP contribution in [0.4, 0.5) is 0 Å². The van der Waals surface area contributed by atoms with Crippen LogP contribution in [0.3, 0.4) is 0 Å². The molecular formula is C21H22N4O2. The van der Waals surface area contributed by atoms with E-state index < -0.39 is 0 Å². The predicted octanol–water partition coefficient (Wildman–Crippen LogP) is 3.38. The summed E-state index contributed by atoms with van der Waals surface area (Å²) >= 11 is 0. The number of aryl methyl sites for hydroxylation is 1. The van der Waals surface area contributed by atoms with E-state index in [1.165, 1.54) is 5.56 Å². The van der Waals surface area contributed by atoms with Crippen LogP contribution >= 0.6 is 0 Å². The first-order valence-electron chi connectivity index (χ1n) is 9.26. The quantitative estimate of drug-likeness (QED) is 0.711. The van der Waals surface area contributed by atoms with Gasteiger partial charge in [-0.25, -0.2) is 15.0 Å². The van der Waals surface area contributed by atoms with Gasteiger partial charge < -0.3 is 9.32 Å². The molecule has 1 aliphatic rings. The zero-order valence-corrected chi connectivity index (χ0v) is 15.3. The number of rotatable bonds is 4. The molecule has 1 saturated heterocycles. The third kappa shape index (κ3) is 4.05. The van der Waals surface area contributed by atoms with E-state index in [9.17, 15) is 4.79 Å². The molecule has 4 rings (SSSR count). The number of nitrogens with zero attached hydrogens (tertiary/aromatic N) is 4. The van der Waals surface area contributed by atoms with Crippen LogP contribution in [0.2, 0.25) is 0 Å². The van der Waals surface area contributed by atoms with Crippen molar-refractivity contribution in [1.82, 2.24) is 19.9 Å². The molecule has 27 heavy (non-hydrogen) atoms. The van der Waals surface area contributed by atoms with E-state index in [-0.39, 0.29) is 11.8 Å². The highest BCUT2D eigenvalue weighted by molar-refractivity contribution is 5.92. The molecule has 6 nitrogen and oxygen atoms in total. The van der Waals surface area contributed by atoms with Crippen molar-refractivity contribution < 1.29 is 9.21 Å². The Kier molecular flexibility index (Phi) is 4.96. The highest BCUT2D eigenvalue weighted by atomic mass is 16.4. The monoisotopic (exact) mass is 362 g/mol. The molecule has 6 heteroatoms. The fourth-order valence-electron chi connectivity index (χ4n) is 3.49. The molecule has 0 saturated carbocycles. The number of hydrogen-bond acceptors (Lipinski definition) is 5. The van der Waals surface area contributed by atoms with Crippen LogP contribution in [0.25, 0.3) is 0 Å². The van der Waals surface area contributed by atoms with E-state index in [0.29, 0.717) is 18.1 Å². The number of benzene rings is 1. The molecule has 2 aromatic heterocycles. The number of aromatic nitrogens is 3. The number of carbonyl (C=O) groups is 1. The Morgan fingerprint density at radius 2 is 2.07 bits per heavy atom. The second-order valence-electron chi connectivity index (χ2n) is 6.91. The average molecular weight is 362 g/mol. The highest BCUT2D eigenvalue weighted by Crippen LogP contribution is 2.28. The van der Waals surface area contributed by atoms with Crippen molar-refractivity contribution in [2.24, 2.45) is 0 Å². The first-order chi connectivity index (χ1) is 13.2. The third-order valence-corrected chi connectivity index (χ3v) is 4.85. The Labute approximate surface area is 158 Å². The summed E-state index contributed by atoms with van der Waals surface area (Å²) < 4.78 is 6.01. The fourth-order valence-corrected chi connectivity index (χ4v) is 3.49. The van der Waals surface area contributed by atoms with Crippen molar-refractivity contribution in [2.75, 3.05) is 13.1 Å². The molecule has 1 atom stereocenters. The van der Waals surface area contributed by atoms with Gasteiger partial charge in [0.25, 0.3) is 5.91 Å². The predicted molar refractivity (Wildman–Crippen MR) is 100 cm³/mol. The Balaban J connectivity index is 1.45. The van der Waals surface area contributed by atoms with Gasteiger partial charge in [-0.3, -0.25) is 4.79 Å². The summed E-state index contributed by atoms with van der Waals surface area (Å²) in [4.78, 5) is 27.4. The SMILES string of the molecule is Cc1nccc(C(=O)N2CCCC(c3ncc(Cc4ccccc4)o3)C2)n1. The number of carbonyl (C=O) groups excluding carboxylic acids is 1. The number of likely N-dealkylation sites (tertiary alicyclic amines) is 1. The van der Waals surface area contributed by atoms with Gasteiger partial charge in [-0.1, -0.05) is 30.3 Å². The maximum absolute atomic E-state index is 12.8. The summed E-state index contributed by atoms with van der Waals surface area (Å²) in [7, 11) is 0. The summed E-state index contributed by atoms with van der Waals surface area (Å²) in [5.41, 5.74) is 1.64. The molecule has 1 amide bonds. The first-order valence-corrected chi connectivity index (χ1v) is 9.26. The minimum atomic E-state index is -0.0544. The van der Waals surface area contributed by atoms with Crippen molar-refractivity contribution in [3.8, 4) is 0 Å². The van der Waals surface area contributed by atoms with Gasteiger partial charge in [0, 0.05) is 25.7 Å². The molecule has 138 valence electrons. The van der Waals surface area contributed by atoms with Crippen molar-refractivity contribution in [3.63, 3.8) is 0 Å². The lowest BCUT2D eigenvalue weighted by molar-refractivity contribution is 0.0691. The van der Waals surface area contributed by atoms with Crippen LogP contribution < -0.4 is 0 Å². The number of hydrogen-bond donors (Lipinski definition) is 0. The van der Waals surface area contributed by atoms with Gasteiger partial charge in [0.2, 0.25) is 0 Å². The van der Waals surface area contributed by atoms with Crippen LogP contribution in [-0.2, 0) is 6.42 Å². The molecular weight excluding hydrogens is 340 g/mol. The highest BCUT2D eigenvalue weighted by Gasteiger charge is 2.29. The van der Waals surface area contributed by atoms with Gasteiger partial charge in [0.1, 0.15) is 17.3 Å². The third-order valence-electron chi connectivity index (χ3n) is 4.85. The van der Waals surface area contributed by atoms with Gasteiger partial charge in [0.05, 0.1) is 12.1 Å². The summed E-state index contributed by atoms with van der Waals surface area (Å²) in [6.45, 7) is 3.12. The van der Waals surface area contributed by atoms with Gasteiger partial charge >= 0.3 is 0 Å². The van der Waals surface area contributed by atoms with Gasteiger partial charge in [-0.2, -0.15) is 0 Å². The van der Waals surface area contributed by atoms with E-state index in [1.807, 2.05) is 23.1 Å². The lowest BCUT2D eigenvalue weighted by atomic mass is 9.97. The van der Waals surface area contributed by atoms with Gasteiger partial charge in [-0.05, 0) is 31.4 Å². The lowest BCUT2D eigenvalue weighted by Crippen LogP contribution is -2.39. The van der Waals surface area contributed by atoms with E-state index >= 15 is 0 Å². The Bertz CT molecular complexity index is 923. The van der Waals surface area contributed by atoms with Crippen molar-refractivity contribution in [1.29, 1.82) is 0 Å². The van der Waals surface area contributed by atoms with Crippen LogP contribution in [0.5, 0.6) is 0 Å². The molecule has 0 spiro atoms. The molecule has 0 radical (unpaired) electrons. The molecule has 0 bridgehead atoms. The van der Waals surface area contributed by atoms with Crippen LogP contribution in [0.15, 0.2) is 53.2 Å². The minimum absolute atomic E-state index is 0.0544. The number of amides is 1. The largest absolute Gasteiger partial charge is 0.445 e. The second-order valence-corrected chi connectivity index (χ2v) is 6.91. The molecule has 1 aliphatic heterocycles. The summed E-state index contributed by atoms with van der Waals surface area (Å²) in [5, 5.41) is 0. The maximum atomic E-state index is 12.8. The molecule has 0 aliphatic carbocycles. The van der Waals surface area contributed by atoms with Crippen molar-refractivity contribution >= 4 is 5.91 Å². The fraction of sp³-hybridized carbons (Fsp3) is 0.333. The average Bonchev–Trinajstić information content (AvgIpc) is 3.17. The van der Waals surface area contributed by atoms with Crippen LogP contribution in [0.1, 0.15) is 52.3 Å². The van der Waals surface area contributed by atoms with E-state index in [4.69, 9.17) is 4.42 Å². The Hall–Kier alpha value is -3.02. The smallest absolute Gasteiger partial charge is 0.272 e. The first kappa shape index (κ1) is 17.4. The van der Waals surface area contributed by atoms with Crippen LogP contribution in [-0.4, -0.2) is 38.8 Å². The molecule has 3 heterocycles. The van der Waals surface area contributed by atoms with Gasteiger partial charge in [-0.15, -0.1) is 0 Å². The Morgan fingerprint density at radius 1 is 1.22 bits per heavy atom. The molecule has 1 fully saturated rings. The standard InChI is InChI=1S/C21H22N4O2/c1-15-22-10-9-19(24-15)21(26)25-11-5-8-17(14-25)20-23-13-18(27-20)12-16-6-3-2-4-7-16/h2-4,6-7,9-10,13,17H,5,8,11-12,14H2,1H3. The Morgan fingerprint density at radius 3 is 2.89 bits per heavy atom. The van der Waals surface area contributed by atoms with E-state index in [0.717, 1.165) is 37.5 Å². The van der Waals surface area contributed by atoms with Crippen molar-refractivity contribution in [2.45, 2.75) is 32.1 Å². The van der Waals surface area contributed by atoms with Crippen LogP contribution in [0, 0.1) is 6.92 Å². The maximum Gasteiger partial charge on any atom is 0.272 e. The van der Waals surface area contributed by atoms with E-state index in [1.54, 1.807) is 25.4 Å². The van der Waals surface area contributed by atoms with Crippen molar-refractivity contribution in [3.05, 3.63) is 77.5 Å². The number of piperidine rings is 1. The topological polar surface area (TPSA) is 72.1 Å². The summed E-state index contributed by atoms with van der Waals surface area (Å²) in [6.07, 6.45) is 6.05. The number of oxazole rings is 1.